The first kappa shape index (κ1) is 32.5. The van der Waals surface area contributed by atoms with Gasteiger partial charge in [-0.2, -0.15) is 4.31 Å². The first-order chi connectivity index (χ1) is 21.6. The molecular weight excluding hydrogens is 648 g/mol. The Morgan fingerprint density at radius 2 is 1.89 bits per heavy atom. The molecule has 0 saturated carbocycles. The largest absolute Gasteiger partial charge is 0.487 e. The molecule has 4 aromatic rings. The molecule has 16 heteroatoms. The zero-order valence-corrected chi connectivity index (χ0v) is 26.7. The summed E-state index contributed by atoms with van der Waals surface area (Å²) in [5.74, 6) is 1.42. The van der Waals surface area contributed by atoms with Crippen LogP contribution in [0.2, 0.25) is 4.34 Å². The second-order valence-electron chi connectivity index (χ2n) is 10.5. The smallest absolute Gasteiger partial charge is 0.413 e. The number of rotatable bonds is 14. The first-order valence-electron chi connectivity index (χ1n) is 13.9. The number of sulfonamides is 1. The fourth-order valence-corrected chi connectivity index (χ4v) is 6.73. The van der Waals surface area contributed by atoms with Gasteiger partial charge in [0.25, 0.3) is 0 Å². The van der Waals surface area contributed by atoms with Crippen LogP contribution in [-0.4, -0.2) is 65.5 Å². The molecule has 0 fully saturated rings. The Morgan fingerprint density at radius 3 is 2.58 bits per heavy atom. The molecular formula is C29H31ClN4O9S2. The number of halogens is 1. The highest BCUT2D eigenvalue weighted by atomic mass is 35.5. The molecule has 13 nitrogen and oxygen atoms in total. The molecule has 1 amide bonds. The lowest BCUT2D eigenvalue weighted by Gasteiger charge is -2.30. The Bertz CT molecular complexity index is 1680. The summed E-state index contributed by atoms with van der Waals surface area (Å²) in [5.41, 5.74) is 1.26. The van der Waals surface area contributed by atoms with Gasteiger partial charge in [-0.1, -0.05) is 42.1 Å². The van der Waals surface area contributed by atoms with Crippen LogP contribution in [-0.2, 0) is 23.1 Å². The lowest BCUT2D eigenvalue weighted by molar-refractivity contribution is 0.0991. The normalized spacial score (nSPS) is 14.0. The van der Waals surface area contributed by atoms with E-state index in [-0.39, 0.29) is 49.5 Å². The fraction of sp³-hybridized carbons (Fsp3) is 0.345. The number of nitrogens with zero attached hydrogens (tertiary/aromatic N) is 3. The minimum absolute atomic E-state index is 0.000255. The molecule has 1 aliphatic heterocycles. The zero-order valence-electron chi connectivity index (χ0n) is 24.3. The standard InChI is InChI=1S/C29H31ClN4O9S2/c1-18(2)13-34(45(37,38)22-7-8-26-27(12-22)42-17-41-26)14-25(35)23(31-29(36)43-21-9-10-39-15-21)11-19-3-5-20(6-4-19)40-16-24-28(30)44-33-32-24/h3-10,12,15,18,23,25,35H,11,13-14,16-17H2,1-2H3,(H,31,36)/t23-,25+/m0/s1. The highest BCUT2D eigenvalue weighted by molar-refractivity contribution is 7.89. The quantitative estimate of drug-likeness (QED) is 0.193. The number of aliphatic hydroxyl groups excluding tert-OH is 1. The van der Waals surface area contributed by atoms with Crippen LogP contribution in [0.5, 0.6) is 23.0 Å². The van der Waals surface area contributed by atoms with E-state index in [1.54, 1.807) is 24.3 Å². The Hall–Kier alpha value is -3.89. The maximum absolute atomic E-state index is 13.8. The van der Waals surface area contributed by atoms with Crippen molar-refractivity contribution in [1.29, 1.82) is 0 Å². The topological polar surface area (TPSA) is 163 Å². The van der Waals surface area contributed by atoms with Crippen LogP contribution >= 0.6 is 23.1 Å². The molecule has 0 saturated heterocycles. The van der Waals surface area contributed by atoms with Crippen LogP contribution in [0.1, 0.15) is 25.1 Å². The number of aromatic nitrogens is 2. The summed E-state index contributed by atoms with van der Waals surface area (Å²) in [5, 5.41) is 18.1. The number of fused-ring (bicyclic) bond motifs is 1. The third-order valence-electron chi connectivity index (χ3n) is 6.68. The third kappa shape index (κ3) is 8.43. The van der Waals surface area contributed by atoms with E-state index < -0.39 is 28.3 Å². The van der Waals surface area contributed by atoms with Crippen LogP contribution in [0.15, 0.2) is 70.4 Å². The molecule has 0 radical (unpaired) electrons. The minimum Gasteiger partial charge on any atom is -0.487 e. The summed E-state index contributed by atoms with van der Waals surface area (Å²) in [7, 11) is -4.08. The van der Waals surface area contributed by atoms with E-state index in [1.165, 1.54) is 41.1 Å². The molecule has 2 atom stereocenters. The summed E-state index contributed by atoms with van der Waals surface area (Å²) in [4.78, 5) is 12.8. The van der Waals surface area contributed by atoms with E-state index in [1.807, 2.05) is 13.8 Å². The molecule has 0 spiro atoms. The number of hydrogen-bond acceptors (Lipinski definition) is 12. The number of aliphatic hydroxyl groups is 1. The van der Waals surface area contributed by atoms with Crippen LogP contribution in [0.3, 0.4) is 0 Å². The number of nitrogens with one attached hydrogen (secondary N) is 1. The molecule has 1 aliphatic rings. The van der Waals surface area contributed by atoms with Gasteiger partial charge in [-0.15, -0.1) is 5.10 Å². The van der Waals surface area contributed by atoms with Gasteiger partial charge in [0.2, 0.25) is 16.8 Å². The van der Waals surface area contributed by atoms with Crippen molar-refractivity contribution in [2.75, 3.05) is 19.9 Å². The molecule has 0 bridgehead atoms. The predicted molar refractivity (Wildman–Crippen MR) is 163 cm³/mol. The Morgan fingerprint density at radius 1 is 1.11 bits per heavy atom. The van der Waals surface area contributed by atoms with Gasteiger partial charge >= 0.3 is 6.09 Å². The molecule has 2 aromatic heterocycles. The van der Waals surface area contributed by atoms with Crippen molar-refractivity contribution in [3.8, 4) is 23.0 Å². The van der Waals surface area contributed by atoms with Crippen LogP contribution in [0, 0.1) is 5.92 Å². The molecule has 2 N–H and O–H groups in total. The Labute approximate surface area is 268 Å². The monoisotopic (exact) mass is 678 g/mol. The maximum atomic E-state index is 13.8. The summed E-state index contributed by atoms with van der Waals surface area (Å²) >= 11 is 7.11. The molecule has 5 rings (SSSR count). The average molecular weight is 679 g/mol. The summed E-state index contributed by atoms with van der Waals surface area (Å²) < 4.78 is 59.6. The van der Waals surface area contributed by atoms with Gasteiger partial charge in [-0.3, -0.25) is 0 Å². The van der Waals surface area contributed by atoms with E-state index in [2.05, 4.69) is 14.9 Å². The highest BCUT2D eigenvalue weighted by Gasteiger charge is 2.32. The summed E-state index contributed by atoms with van der Waals surface area (Å²) in [6.07, 6.45) is 0.565. The van der Waals surface area contributed by atoms with E-state index in [0.717, 1.165) is 17.1 Å². The third-order valence-corrected chi connectivity index (χ3v) is 9.49. The van der Waals surface area contributed by atoms with Gasteiger partial charge in [0, 0.05) is 36.8 Å². The van der Waals surface area contributed by atoms with Crippen LogP contribution < -0.4 is 24.3 Å². The number of amides is 1. The van der Waals surface area contributed by atoms with Crippen molar-refractivity contribution in [2.24, 2.45) is 5.92 Å². The molecule has 45 heavy (non-hydrogen) atoms. The second kappa shape index (κ2) is 14.5. The molecule has 240 valence electrons. The van der Waals surface area contributed by atoms with Crippen molar-refractivity contribution in [2.45, 2.75) is 43.9 Å². The fourth-order valence-electron chi connectivity index (χ4n) is 4.49. The van der Waals surface area contributed by atoms with Gasteiger partial charge < -0.3 is 33.8 Å². The van der Waals surface area contributed by atoms with Crippen molar-refractivity contribution in [3.63, 3.8) is 0 Å². The maximum Gasteiger partial charge on any atom is 0.413 e. The average Bonchev–Trinajstić information content (AvgIpc) is 3.78. The van der Waals surface area contributed by atoms with Crippen molar-refractivity contribution < 1.29 is 41.7 Å². The van der Waals surface area contributed by atoms with Gasteiger partial charge in [0.05, 0.1) is 23.3 Å². The number of furan rings is 1. The molecule has 0 aliphatic carbocycles. The highest BCUT2D eigenvalue weighted by Crippen LogP contribution is 2.35. The minimum atomic E-state index is -4.08. The summed E-state index contributed by atoms with van der Waals surface area (Å²) in [6.45, 7) is 3.69. The second-order valence-corrected chi connectivity index (χ2v) is 13.8. The molecule has 2 aromatic carbocycles. The van der Waals surface area contributed by atoms with Gasteiger partial charge in [0.1, 0.15) is 28.6 Å². The van der Waals surface area contributed by atoms with Crippen molar-refractivity contribution in [3.05, 3.63) is 76.7 Å². The van der Waals surface area contributed by atoms with Crippen molar-refractivity contribution >= 4 is 39.2 Å². The number of hydrogen-bond donors (Lipinski definition) is 2. The number of benzene rings is 2. The van der Waals surface area contributed by atoms with Crippen LogP contribution in [0.25, 0.3) is 0 Å². The lowest BCUT2D eigenvalue weighted by Crippen LogP contribution is -2.51. The van der Waals surface area contributed by atoms with E-state index in [9.17, 15) is 18.3 Å². The SMILES string of the molecule is CC(C)CN(C[C@@H](O)[C@H](Cc1ccc(OCc2nnsc2Cl)cc1)NC(=O)Oc1ccoc1)S(=O)(=O)c1ccc2c(c1)OCO2. The lowest BCUT2D eigenvalue weighted by atomic mass is 10.0. The Balaban J connectivity index is 1.33. The number of carbonyl (C=O) groups is 1. The van der Waals surface area contributed by atoms with E-state index in [0.29, 0.717) is 27.3 Å². The van der Waals surface area contributed by atoms with Crippen molar-refractivity contribution in [1.82, 2.24) is 19.2 Å². The predicted octanol–water partition coefficient (Wildman–Crippen LogP) is 4.50. The van der Waals surface area contributed by atoms with Gasteiger partial charge in [0.15, 0.2) is 17.2 Å². The van der Waals surface area contributed by atoms with Gasteiger partial charge in [-0.25, -0.2) is 13.2 Å². The van der Waals surface area contributed by atoms with Gasteiger partial charge in [-0.05, 0) is 42.2 Å². The summed E-state index contributed by atoms with van der Waals surface area (Å²) in [6, 6.07) is 11.9. The molecule has 3 heterocycles. The zero-order chi connectivity index (χ0) is 32.0. The van der Waals surface area contributed by atoms with Crippen LogP contribution in [0.4, 0.5) is 4.79 Å². The Kier molecular flexibility index (Phi) is 10.5. The van der Waals surface area contributed by atoms with E-state index in [4.69, 9.17) is 35.0 Å². The first-order valence-corrected chi connectivity index (χ1v) is 16.4. The number of carbonyl (C=O) groups excluding carboxylic acids is 1. The number of ether oxygens (including phenoxy) is 4. The molecule has 0 unspecified atom stereocenters. The van der Waals surface area contributed by atoms with E-state index >= 15 is 0 Å².